The van der Waals surface area contributed by atoms with Crippen LogP contribution >= 0.6 is 0 Å². The zero-order valence-corrected chi connectivity index (χ0v) is 12.0. The van der Waals surface area contributed by atoms with Gasteiger partial charge in [-0.3, -0.25) is 4.79 Å². The van der Waals surface area contributed by atoms with Crippen LogP contribution in [0.25, 0.3) is 0 Å². The molecule has 0 aliphatic rings. The topological polar surface area (TPSA) is 63.2 Å². The van der Waals surface area contributed by atoms with Crippen molar-refractivity contribution >= 4 is 23.1 Å². The van der Waals surface area contributed by atoms with Gasteiger partial charge < -0.3 is 15.4 Å². The second-order valence-corrected chi connectivity index (χ2v) is 4.42. The molecule has 0 bridgehead atoms. The molecule has 1 heterocycles. The van der Waals surface area contributed by atoms with Gasteiger partial charge in [-0.15, -0.1) is 0 Å². The summed E-state index contributed by atoms with van der Waals surface area (Å²) in [6.45, 7) is 2.96. The minimum absolute atomic E-state index is 0.0750. The molecule has 21 heavy (non-hydrogen) atoms. The van der Waals surface area contributed by atoms with Crippen LogP contribution in [0.3, 0.4) is 0 Å². The Morgan fingerprint density at radius 2 is 1.95 bits per heavy atom. The molecule has 0 saturated carbocycles. The monoisotopic (exact) mass is 285 g/mol. The number of para-hydroxylation sites is 1. The molecule has 0 atom stereocenters. The fraction of sp³-hybridized carbons (Fsp3) is 0.250. The second-order valence-electron chi connectivity index (χ2n) is 4.42. The Hall–Kier alpha value is -2.40. The fourth-order valence-electron chi connectivity index (χ4n) is 1.74. The number of carbonyl (C=O) groups excluding carboxylic acids is 1. The zero-order chi connectivity index (χ0) is 14.9. The van der Waals surface area contributed by atoms with E-state index in [0.29, 0.717) is 25.3 Å². The van der Waals surface area contributed by atoms with Crippen LogP contribution in [0.1, 0.15) is 13.3 Å². The number of aromatic nitrogens is 1. The van der Waals surface area contributed by atoms with Gasteiger partial charge in [-0.2, -0.15) is 0 Å². The molecule has 1 aromatic carbocycles. The molecule has 0 spiro atoms. The van der Waals surface area contributed by atoms with Gasteiger partial charge in [0, 0.05) is 12.3 Å². The largest absolute Gasteiger partial charge is 0.381 e. The number of anilines is 3. The second kappa shape index (κ2) is 8.01. The lowest BCUT2D eigenvalue weighted by Gasteiger charge is -2.08. The molecule has 0 radical (unpaired) electrons. The molecule has 5 heteroatoms. The van der Waals surface area contributed by atoms with Crippen molar-refractivity contribution in [3.8, 4) is 0 Å². The number of benzene rings is 1. The van der Waals surface area contributed by atoms with E-state index in [1.54, 1.807) is 6.20 Å². The molecule has 5 nitrogen and oxygen atoms in total. The van der Waals surface area contributed by atoms with Crippen molar-refractivity contribution in [3.05, 3.63) is 48.7 Å². The van der Waals surface area contributed by atoms with Gasteiger partial charge in [-0.25, -0.2) is 4.98 Å². The minimum Gasteiger partial charge on any atom is -0.381 e. The number of hydrogen-bond acceptors (Lipinski definition) is 4. The average Bonchev–Trinajstić information content (AvgIpc) is 2.51. The van der Waals surface area contributed by atoms with Crippen molar-refractivity contribution in [1.82, 2.24) is 4.98 Å². The van der Waals surface area contributed by atoms with Crippen LogP contribution in [0.4, 0.5) is 17.2 Å². The summed E-state index contributed by atoms with van der Waals surface area (Å²) in [6.07, 6.45) is 1.97. The standard InChI is InChI=1S/C16H19N3O2/c1-2-21-11-10-16(20)19-14-8-9-15(17-12-14)18-13-6-4-3-5-7-13/h3-9,12H,2,10-11H2,1H3,(H,17,18)(H,19,20). The van der Waals surface area contributed by atoms with E-state index in [-0.39, 0.29) is 5.91 Å². The van der Waals surface area contributed by atoms with E-state index in [1.807, 2.05) is 49.4 Å². The summed E-state index contributed by atoms with van der Waals surface area (Å²) >= 11 is 0. The molecule has 1 amide bonds. The predicted molar refractivity (Wildman–Crippen MR) is 83.7 cm³/mol. The van der Waals surface area contributed by atoms with E-state index in [2.05, 4.69) is 15.6 Å². The van der Waals surface area contributed by atoms with Gasteiger partial charge in [-0.1, -0.05) is 18.2 Å². The van der Waals surface area contributed by atoms with Crippen molar-refractivity contribution < 1.29 is 9.53 Å². The Balaban J connectivity index is 1.85. The van der Waals surface area contributed by atoms with Crippen molar-refractivity contribution in [2.24, 2.45) is 0 Å². The van der Waals surface area contributed by atoms with E-state index in [9.17, 15) is 4.79 Å². The third-order valence-corrected chi connectivity index (χ3v) is 2.77. The van der Waals surface area contributed by atoms with E-state index >= 15 is 0 Å². The first-order chi connectivity index (χ1) is 10.3. The number of ether oxygens (including phenoxy) is 1. The number of carbonyl (C=O) groups is 1. The Labute approximate surface area is 124 Å². The van der Waals surface area contributed by atoms with E-state index < -0.39 is 0 Å². The van der Waals surface area contributed by atoms with Crippen LogP contribution in [0.5, 0.6) is 0 Å². The summed E-state index contributed by atoms with van der Waals surface area (Å²) in [5.74, 6) is 0.655. The van der Waals surface area contributed by atoms with Crippen molar-refractivity contribution in [3.63, 3.8) is 0 Å². The number of pyridine rings is 1. The predicted octanol–water partition coefficient (Wildman–Crippen LogP) is 3.19. The van der Waals surface area contributed by atoms with Crippen LogP contribution in [0.2, 0.25) is 0 Å². The number of hydrogen-bond donors (Lipinski definition) is 2. The Morgan fingerprint density at radius 3 is 2.62 bits per heavy atom. The summed E-state index contributed by atoms with van der Waals surface area (Å²) in [6, 6.07) is 13.4. The maximum absolute atomic E-state index is 11.6. The number of rotatable bonds is 7. The summed E-state index contributed by atoms with van der Waals surface area (Å²) in [7, 11) is 0. The molecule has 0 aliphatic carbocycles. The maximum atomic E-state index is 11.6. The first-order valence-corrected chi connectivity index (χ1v) is 6.93. The normalized spacial score (nSPS) is 10.1. The maximum Gasteiger partial charge on any atom is 0.226 e. The Morgan fingerprint density at radius 1 is 1.14 bits per heavy atom. The highest BCUT2D eigenvalue weighted by molar-refractivity contribution is 5.90. The lowest BCUT2D eigenvalue weighted by atomic mass is 10.3. The summed E-state index contributed by atoms with van der Waals surface area (Å²) < 4.78 is 5.14. The third-order valence-electron chi connectivity index (χ3n) is 2.77. The highest BCUT2D eigenvalue weighted by Crippen LogP contribution is 2.15. The lowest BCUT2D eigenvalue weighted by Crippen LogP contribution is -2.14. The van der Waals surface area contributed by atoms with Gasteiger partial charge in [0.1, 0.15) is 5.82 Å². The molecule has 0 saturated heterocycles. The molecular weight excluding hydrogens is 266 g/mol. The molecular formula is C16H19N3O2. The Kier molecular flexibility index (Phi) is 5.72. The molecule has 0 aliphatic heterocycles. The van der Waals surface area contributed by atoms with Crippen molar-refractivity contribution in [1.29, 1.82) is 0 Å². The molecule has 0 unspecified atom stereocenters. The van der Waals surface area contributed by atoms with Crippen LogP contribution in [0.15, 0.2) is 48.7 Å². The molecule has 110 valence electrons. The zero-order valence-electron chi connectivity index (χ0n) is 12.0. The SMILES string of the molecule is CCOCCC(=O)Nc1ccc(Nc2ccccc2)nc1. The summed E-state index contributed by atoms with van der Waals surface area (Å²) in [5, 5.41) is 5.97. The van der Waals surface area contributed by atoms with Crippen LogP contribution < -0.4 is 10.6 Å². The van der Waals surface area contributed by atoms with E-state index in [4.69, 9.17) is 4.74 Å². The fourth-order valence-corrected chi connectivity index (χ4v) is 1.74. The highest BCUT2D eigenvalue weighted by Gasteiger charge is 2.03. The quantitative estimate of drug-likeness (QED) is 0.767. The molecule has 0 fully saturated rings. The first-order valence-electron chi connectivity index (χ1n) is 6.93. The Bertz CT molecular complexity index is 555. The van der Waals surface area contributed by atoms with Gasteiger partial charge in [-0.05, 0) is 31.2 Å². The van der Waals surface area contributed by atoms with Crippen LogP contribution in [-0.2, 0) is 9.53 Å². The minimum atomic E-state index is -0.0750. The summed E-state index contributed by atoms with van der Waals surface area (Å²) in [4.78, 5) is 15.9. The van der Waals surface area contributed by atoms with E-state index in [0.717, 1.165) is 11.5 Å². The van der Waals surface area contributed by atoms with Gasteiger partial charge in [0.25, 0.3) is 0 Å². The van der Waals surface area contributed by atoms with Gasteiger partial charge >= 0.3 is 0 Å². The van der Waals surface area contributed by atoms with E-state index in [1.165, 1.54) is 0 Å². The molecule has 2 rings (SSSR count). The number of nitrogens with one attached hydrogen (secondary N) is 2. The first kappa shape index (κ1) is 15.0. The lowest BCUT2D eigenvalue weighted by molar-refractivity contribution is -0.117. The smallest absolute Gasteiger partial charge is 0.226 e. The van der Waals surface area contributed by atoms with Crippen LogP contribution in [0, 0.1) is 0 Å². The molecule has 2 N–H and O–H groups in total. The number of amides is 1. The highest BCUT2D eigenvalue weighted by atomic mass is 16.5. The van der Waals surface area contributed by atoms with Crippen molar-refractivity contribution in [2.45, 2.75) is 13.3 Å². The van der Waals surface area contributed by atoms with Gasteiger partial charge in [0.05, 0.1) is 24.9 Å². The molecule has 2 aromatic rings. The van der Waals surface area contributed by atoms with Gasteiger partial charge in [0.2, 0.25) is 5.91 Å². The third kappa shape index (κ3) is 5.24. The average molecular weight is 285 g/mol. The van der Waals surface area contributed by atoms with Crippen molar-refractivity contribution in [2.75, 3.05) is 23.8 Å². The van der Waals surface area contributed by atoms with Gasteiger partial charge in [0.15, 0.2) is 0 Å². The van der Waals surface area contributed by atoms with Crippen LogP contribution in [-0.4, -0.2) is 24.1 Å². The number of nitrogens with zero attached hydrogens (tertiary/aromatic N) is 1. The molecule has 1 aromatic heterocycles. The summed E-state index contributed by atoms with van der Waals surface area (Å²) in [5.41, 5.74) is 1.65.